The molecular formula is C12H14ClNO5S. The summed E-state index contributed by atoms with van der Waals surface area (Å²) >= 11 is 5.92. The first kappa shape index (κ1) is 16.6. The van der Waals surface area contributed by atoms with Crippen LogP contribution < -0.4 is 0 Å². The molecule has 2 N–H and O–H groups in total. The molecule has 0 aliphatic heterocycles. The quantitative estimate of drug-likeness (QED) is 0.764. The highest BCUT2D eigenvalue weighted by atomic mass is 35.5. The van der Waals surface area contributed by atoms with Crippen molar-refractivity contribution in [1.82, 2.24) is 4.31 Å². The van der Waals surface area contributed by atoms with Crippen molar-refractivity contribution in [2.75, 3.05) is 20.2 Å². The van der Waals surface area contributed by atoms with Gasteiger partial charge in [-0.15, -0.1) is 0 Å². The van der Waals surface area contributed by atoms with Crippen molar-refractivity contribution in [3.8, 4) is 0 Å². The van der Waals surface area contributed by atoms with Crippen LogP contribution in [0.5, 0.6) is 0 Å². The minimum atomic E-state index is -3.78. The fraction of sp³-hybridized carbons (Fsp3) is 0.250. The van der Waals surface area contributed by atoms with Crippen LogP contribution in [0.3, 0.4) is 0 Å². The van der Waals surface area contributed by atoms with E-state index in [2.05, 4.69) is 0 Å². The topological polar surface area (TPSA) is 94.9 Å². The molecule has 0 aliphatic rings. The molecule has 0 heterocycles. The Morgan fingerprint density at radius 1 is 1.45 bits per heavy atom. The number of carboxylic acid groups (broad SMARTS) is 1. The number of aliphatic hydroxyl groups is 1. The van der Waals surface area contributed by atoms with Crippen molar-refractivity contribution in [1.29, 1.82) is 0 Å². The summed E-state index contributed by atoms with van der Waals surface area (Å²) in [5.41, 5.74) is 0.473. The minimum absolute atomic E-state index is 0.0117. The molecule has 110 valence electrons. The smallest absolute Gasteiger partial charge is 0.328 e. The lowest BCUT2D eigenvalue weighted by Gasteiger charge is -2.16. The second-order valence-electron chi connectivity index (χ2n) is 3.91. The average Bonchev–Trinajstić information content (AvgIpc) is 2.36. The maximum Gasteiger partial charge on any atom is 0.328 e. The summed E-state index contributed by atoms with van der Waals surface area (Å²) in [5.74, 6) is -1.11. The largest absolute Gasteiger partial charge is 0.478 e. The molecule has 1 aromatic rings. The number of aliphatic hydroxyl groups excluding tert-OH is 1. The summed E-state index contributed by atoms with van der Waals surface area (Å²) in [7, 11) is -2.45. The monoisotopic (exact) mass is 319 g/mol. The molecule has 1 rings (SSSR count). The van der Waals surface area contributed by atoms with Gasteiger partial charge in [-0.25, -0.2) is 13.2 Å². The Hall–Kier alpha value is -1.41. The maximum atomic E-state index is 12.1. The van der Waals surface area contributed by atoms with Crippen LogP contribution in [-0.2, 0) is 14.8 Å². The third-order valence-corrected chi connectivity index (χ3v) is 4.82. The van der Waals surface area contributed by atoms with Crippen molar-refractivity contribution in [2.24, 2.45) is 0 Å². The van der Waals surface area contributed by atoms with E-state index in [1.807, 2.05) is 0 Å². The van der Waals surface area contributed by atoms with Gasteiger partial charge >= 0.3 is 5.97 Å². The molecule has 0 aromatic heterocycles. The standard InChI is InChI=1S/C12H14ClNO5S/c1-14(6-7-15)20(18,19)11-4-2-9(8-10(11)13)3-5-12(16)17/h2-5,8,15H,6-7H2,1H3,(H,16,17). The molecule has 1 aromatic carbocycles. The fourth-order valence-corrected chi connectivity index (χ4v) is 3.11. The number of likely N-dealkylation sites (N-methyl/N-ethyl adjacent to an activating group) is 1. The molecule has 0 saturated heterocycles. The van der Waals surface area contributed by atoms with Crippen molar-refractivity contribution < 1.29 is 23.4 Å². The molecule has 0 aliphatic carbocycles. The number of benzene rings is 1. The van der Waals surface area contributed by atoms with Crippen LogP contribution in [0.25, 0.3) is 6.08 Å². The highest BCUT2D eigenvalue weighted by Crippen LogP contribution is 2.25. The summed E-state index contributed by atoms with van der Waals surface area (Å²) in [6.07, 6.45) is 2.24. The van der Waals surface area contributed by atoms with Crippen LogP contribution in [0.1, 0.15) is 5.56 Å². The van der Waals surface area contributed by atoms with Gasteiger partial charge in [0.1, 0.15) is 4.90 Å². The van der Waals surface area contributed by atoms with Crippen LogP contribution in [0, 0.1) is 0 Å². The number of nitrogens with zero attached hydrogens (tertiary/aromatic N) is 1. The first-order valence-corrected chi connectivity index (χ1v) is 7.38. The number of hydrogen-bond acceptors (Lipinski definition) is 4. The molecule has 0 unspecified atom stereocenters. The number of carboxylic acids is 1. The van der Waals surface area contributed by atoms with E-state index in [0.717, 1.165) is 10.4 Å². The molecule has 0 atom stereocenters. The first-order chi connectivity index (χ1) is 9.28. The second-order valence-corrected chi connectivity index (χ2v) is 6.33. The zero-order chi connectivity index (χ0) is 15.3. The van der Waals surface area contributed by atoms with E-state index in [1.54, 1.807) is 0 Å². The van der Waals surface area contributed by atoms with Gasteiger partial charge in [0.15, 0.2) is 0 Å². The Balaban J connectivity index is 3.13. The Bertz CT molecular complexity index is 627. The number of carbonyl (C=O) groups is 1. The highest BCUT2D eigenvalue weighted by Gasteiger charge is 2.23. The van der Waals surface area contributed by atoms with Crippen molar-refractivity contribution in [3.63, 3.8) is 0 Å². The van der Waals surface area contributed by atoms with E-state index in [0.29, 0.717) is 5.56 Å². The van der Waals surface area contributed by atoms with Crippen LogP contribution in [-0.4, -0.2) is 49.1 Å². The van der Waals surface area contributed by atoms with Gasteiger partial charge in [-0.1, -0.05) is 17.7 Å². The number of sulfonamides is 1. The Morgan fingerprint density at radius 3 is 2.60 bits per heavy atom. The van der Waals surface area contributed by atoms with E-state index in [4.69, 9.17) is 21.8 Å². The van der Waals surface area contributed by atoms with Crippen molar-refractivity contribution in [3.05, 3.63) is 34.9 Å². The lowest BCUT2D eigenvalue weighted by atomic mass is 10.2. The highest BCUT2D eigenvalue weighted by molar-refractivity contribution is 7.89. The van der Waals surface area contributed by atoms with Gasteiger partial charge in [0, 0.05) is 19.7 Å². The Labute approximate surface area is 122 Å². The first-order valence-electron chi connectivity index (χ1n) is 5.57. The number of hydrogen-bond donors (Lipinski definition) is 2. The summed E-state index contributed by atoms with van der Waals surface area (Å²) in [6.45, 7) is -0.341. The molecule has 0 amide bonds. The minimum Gasteiger partial charge on any atom is -0.478 e. The van der Waals surface area contributed by atoms with Gasteiger partial charge in [0.25, 0.3) is 0 Å². The van der Waals surface area contributed by atoms with E-state index >= 15 is 0 Å². The molecule has 8 heteroatoms. The van der Waals surface area contributed by atoms with Crippen LogP contribution in [0.2, 0.25) is 5.02 Å². The van der Waals surface area contributed by atoms with Gasteiger partial charge in [-0.3, -0.25) is 0 Å². The van der Waals surface area contributed by atoms with E-state index in [9.17, 15) is 13.2 Å². The number of halogens is 1. The predicted molar refractivity (Wildman–Crippen MR) is 75.0 cm³/mol. The van der Waals surface area contributed by atoms with Gasteiger partial charge in [-0.05, 0) is 23.8 Å². The summed E-state index contributed by atoms with van der Waals surface area (Å²) in [6, 6.07) is 4.11. The summed E-state index contributed by atoms with van der Waals surface area (Å²) < 4.78 is 25.3. The average molecular weight is 320 g/mol. The normalized spacial score (nSPS) is 12.2. The molecular weight excluding hydrogens is 306 g/mol. The lowest BCUT2D eigenvalue weighted by molar-refractivity contribution is -0.131. The van der Waals surface area contributed by atoms with Crippen LogP contribution >= 0.6 is 11.6 Å². The molecule has 0 fully saturated rings. The SMILES string of the molecule is CN(CCO)S(=O)(=O)c1ccc(C=CC(=O)O)cc1Cl. The Morgan fingerprint density at radius 2 is 2.10 bits per heavy atom. The zero-order valence-electron chi connectivity index (χ0n) is 10.7. The van der Waals surface area contributed by atoms with Crippen molar-refractivity contribution >= 4 is 33.7 Å². The molecule has 20 heavy (non-hydrogen) atoms. The van der Waals surface area contributed by atoms with E-state index < -0.39 is 16.0 Å². The third kappa shape index (κ3) is 4.04. The fourth-order valence-electron chi connectivity index (χ4n) is 1.43. The molecule has 0 bridgehead atoms. The second kappa shape index (κ2) is 6.85. The molecule has 0 radical (unpaired) electrons. The molecule has 0 saturated carbocycles. The van der Waals surface area contributed by atoms with Crippen LogP contribution in [0.15, 0.2) is 29.2 Å². The Kier molecular flexibility index (Phi) is 5.70. The maximum absolute atomic E-state index is 12.1. The predicted octanol–water partition coefficient (Wildman–Crippen LogP) is 1.05. The van der Waals surface area contributed by atoms with E-state index in [-0.39, 0.29) is 23.1 Å². The van der Waals surface area contributed by atoms with Gasteiger partial charge < -0.3 is 10.2 Å². The number of rotatable bonds is 6. The third-order valence-electron chi connectivity index (χ3n) is 2.48. The van der Waals surface area contributed by atoms with E-state index in [1.165, 1.54) is 31.3 Å². The van der Waals surface area contributed by atoms with Gasteiger partial charge in [-0.2, -0.15) is 4.31 Å². The number of aliphatic carboxylic acids is 1. The van der Waals surface area contributed by atoms with Crippen molar-refractivity contribution in [2.45, 2.75) is 4.90 Å². The molecule has 6 nitrogen and oxygen atoms in total. The molecule has 0 spiro atoms. The zero-order valence-corrected chi connectivity index (χ0v) is 12.2. The van der Waals surface area contributed by atoms with Gasteiger partial charge in [0.2, 0.25) is 10.0 Å². The van der Waals surface area contributed by atoms with Crippen LogP contribution in [0.4, 0.5) is 0 Å². The summed E-state index contributed by atoms with van der Waals surface area (Å²) in [4.78, 5) is 10.3. The van der Waals surface area contributed by atoms with Gasteiger partial charge in [0.05, 0.1) is 11.6 Å². The lowest BCUT2D eigenvalue weighted by Crippen LogP contribution is -2.29. The summed E-state index contributed by atoms with van der Waals surface area (Å²) in [5, 5.41) is 17.3.